The quantitative estimate of drug-likeness (QED) is 0.875. The van der Waals surface area contributed by atoms with Crippen molar-refractivity contribution in [3.05, 3.63) is 35.0 Å². The lowest BCUT2D eigenvalue weighted by molar-refractivity contribution is -0.127. The summed E-state index contributed by atoms with van der Waals surface area (Å²) in [5.74, 6) is 0.744. The Morgan fingerprint density at radius 1 is 1.48 bits per heavy atom. The number of aryl methyl sites for hydroxylation is 1. The molecule has 3 heterocycles. The fraction of sp³-hybridized carbons (Fsp3) is 0.438. The summed E-state index contributed by atoms with van der Waals surface area (Å²) in [5.41, 5.74) is 3.22. The zero-order valence-electron chi connectivity index (χ0n) is 12.4. The van der Waals surface area contributed by atoms with E-state index in [0.717, 1.165) is 42.3 Å². The lowest BCUT2D eigenvalue weighted by Crippen LogP contribution is -2.26. The molecule has 0 aromatic carbocycles. The molecule has 1 fully saturated rings. The molecule has 0 bridgehead atoms. The third-order valence-corrected chi connectivity index (χ3v) is 4.90. The largest absolute Gasteiger partial charge is 0.343 e. The highest BCUT2D eigenvalue weighted by atomic mass is 32.1. The van der Waals surface area contributed by atoms with E-state index in [2.05, 4.69) is 16.0 Å². The first-order chi connectivity index (χ1) is 10.1. The molecule has 1 unspecified atom stereocenters. The third-order valence-electron chi connectivity index (χ3n) is 3.92. The third kappa shape index (κ3) is 3.29. The summed E-state index contributed by atoms with van der Waals surface area (Å²) in [4.78, 5) is 22.3. The highest BCUT2D eigenvalue weighted by Crippen LogP contribution is 2.24. The van der Waals surface area contributed by atoms with Crippen LogP contribution < -0.4 is 0 Å². The monoisotopic (exact) mass is 301 g/mol. The number of thiazole rings is 1. The minimum atomic E-state index is 0.185. The van der Waals surface area contributed by atoms with Crippen LogP contribution in [0.1, 0.15) is 24.6 Å². The molecule has 3 rings (SSSR count). The number of amides is 1. The number of carbonyl (C=O) groups is 1. The number of hydrogen-bond donors (Lipinski definition) is 0. The van der Waals surface area contributed by atoms with Gasteiger partial charge >= 0.3 is 0 Å². The molecule has 1 amide bonds. The molecule has 1 aliphatic rings. The average molecular weight is 301 g/mol. The van der Waals surface area contributed by atoms with Crippen LogP contribution >= 0.6 is 11.3 Å². The predicted molar refractivity (Wildman–Crippen MR) is 84.1 cm³/mol. The van der Waals surface area contributed by atoms with Gasteiger partial charge in [-0.25, -0.2) is 4.98 Å². The Kier molecular flexibility index (Phi) is 4.01. The normalized spacial score (nSPS) is 18.2. The van der Waals surface area contributed by atoms with E-state index in [1.54, 1.807) is 18.3 Å². The predicted octanol–water partition coefficient (Wildman–Crippen LogP) is 2.92. The maximum atomic E-state index is 11.4. The van der Waals surface area contributed by atoms with Gasteiger partial charge in [0.05, 0.1) is 5.69 Å². The Morgan fingerprint density at radius 2 is 2.33 bits per heavy atom. The second-order valence-corrected chi connectivity index (χ2v) is 6.53. The van der Waals surface area contributed by atoms with Gasteiger partial charge in [0.25, 0.3) is 0 Å². The van der Waals surface area contributed by atoms with Gasteiger partial charge in [0.15, 0.2) is 0 Å². The lowest BCUT2D eigenvalue weighted by atomic mass is 10.00. The van der Waals surface area contributed by atoms with Crippen molar-refractivity contribution in [1.29, 1.82) is 0 Å². The van der Waals surface area contributed by atoms with Gasteiger partial charge < -0.3 is 4.90 Å². The molecule has 5 heteroatoms. The van der Waals surface area contributed by atoms with E-state index in [-0.39, 0.29) is 5.91 Å². The summed E-state index contributed by atoms with van der Waals surface area (Å²) < 4.78 is 0. The van der Waals surface area contributed by atoms with Crippen LogP contribution in [0.25, 0.3) is 10.7 Å². The molecule has 1 atom stereocenters. The maximum absolute atomic E-state index is 11.4. The number of nitrogens with zero attached hydrogens (tertiary/aromatic N) is 3. The second-order valence-electron chi connectivity index (χ2n) is 5.67. The zero-order valence-corrected chi connectivity index (χ0v) is 13.2. The number of pyridine rings is 1. The van der Waals surface area contributed by atoms with Crippen molar-refractivity contribution in [3.8, 4) is 10.7 Å². The SMILES string of the molecule is CC(=O)N1CCC(Cc2ccc(-c3nc(C)cs3)nc2)C1. The molecule has 0 N–H and O–H groups in total. The molecule has 4 nitrogen and oxygen atoms in total. The van der Waals surface area contributed by atoms with Gasteiger partial charge in [-0.05, 0) is 37.3 Å². The Hall–Kier alpha value is -1.75. The first kappa shape index (κ1) is 14.2. The molecule has 1 saturated heterocycles. The van der Waals surface area contributed by atoms with Gasteiger partial charge in [-0.3, -0.25) is 9.78 Å². The van der Waals surface area contributed by atoms with E-state index in [9.17, 15) is 4.79 Å². The fourth-order valence-electron chi connectivity index (χ4n) is 2.76. The van der Waals surface area contributed by atoms with Crippen LogP contribution in [0.2, 0.25) is 0 Å². The van der Waals surface area contributed by atoms with Crippen molar-refractivity contribution in [2.45, 2.75) is 26.7 Å². The van der Waals surface area contributed by atoms with E-state index in [1.165, 1.54) is 5.56 Å². The van der Waals surface area contributed by atoms with Gasteiger partial charge in [-0.2, -0.15) is 0 Å². The summed E-state index contributed by atoms with van der Waals surface area (Å²) in [6.07, 6.45) is 4.03. The number of likely N-dealkylation sites (tertiary alicyclic amines) is 1. The Morgan fingerprint density at radius 3 is 2.90 bits per heavy atom. The van der Waals surface area contributed by atoms with E-state index >= 15 is 0 Å². The van der Waals surface area contributed by atoms with Crippen LogP contribution in [0.3, 0.4) is 0 Å². The van der Waals surface area contributed by atoms with Gasteiger partial charge in [-0.15, -0.1) is 11.3 Å². The van der Waals surface area contributed by atoms with Crippen molar-refractivity contribution in [2.75, 3.05) is 13.1 Å². The average Bonchev–Trinajstić information content (AvgIpc) is 3.09. The summed E-state index contributed by atoms with van der Waals surface area (Å²) >= 11 is 1.63. The molecule has 2 aromatic rings. The van der Waals surface area contributed by atoms with E-state index in [0.29, 0.717) is 5.92 Å². The first-order valence-corrected chi connectivity index (χ1v) is 8.13. The standard InChI is InChI=1S/C16H19N3OS/c1-11-10-21-16(18-11)15-4-3-13(8-17-15)7-14-5-6-19(9-14)12(2)20/h3-4,8,10,14H,5-7,9H2,1-2H3. The van der Waals surface area contributed by atoms with Gasteiger partial charge in [0.1, 0.15) is 5.01 Å². The topological polar surface area (TPSA) is 46.1 Å². The molecule has 0 radical (unpaired) electrons. The number of carbonyl (C=O) groups excluding carboxylic acids is 1. The molecular formula is C16H19N3OS. The summed E-state index contributed by atoms with van der Waals surface area (Å²) in [6.45, 7) is 5.41. The molecule has 0 aliphatic carbocycles. The zero-order chi connectivity index (χ0) is 14.8. The minimum Gasteiger partial charge on any atom is -0.343 e. The highest BCUT2D eigenvalue weighted by Gasteiger charge is 2.24. The number of hydrogen-bond acceptors (Lipinski definition) is 4. The molecule has 2 aromatic heterocycles. The van der Waals surface area contributed by atoms with E-state index in [1.807, 2.05) is 29.5 Å². The molecule has 0 spiro atoms. The van der Waals surface area contributed by atoms with Gasteiger partial charge in [0.2, 0.25) is 5.91 Å². The van der Waals surface area contributed by atoms with Crippen molar-refractivity contribution in [2.24, 2.45) is 5.92 Å². The molecule has 0 saturated carbocycles. The smallest absolute Gasteiger partial charge is 0.219 e. The lowest BCUT2D eigenvalue weighted by Gasteiger charge is -2.13. The van der Waals surface area contributed by atoms with E-state index in [4.69, 9.17) is 0 Å². The van der Waals surface area contributed by atoms with Crippen LogP contribution in [0, 0.1) is 12.8 Å². The molecular weight excluding hydrogens is 282 g/mol. The van der Waals surface area contributed by atoms with Crippen LogP contribution in [0.4, 0.5) is 0 Å². The minimum absolute atomic E-state index is 0.185. The summed E-state index contributed by atoms with van der Waals surface area (Å²) in [5, 5.41) is 3.02. The maximum Gasteiger partial charge on any atom is 0.219 e. The van der Waals surface area contributed by atoms with Crippen molar-refractivity contribution < 1.29 is 4.79 Å². The van der Waals surface area contributed by atoms with Crippen LogP contribution in [0.5, 0.6) is 0 Å². The van der Waals surface area contributed by atoms with Crippen LogP contribution in [0.15, 0.2) is 23.7 Å². The summed E-state index contributed by atoms with van der Waals surface area (Å²) in [7, 11) is 0. The Balaban J connectivity index is 1.64. The van der Waals surface area contributed by atoms with Crippen molar-refractivity contribution >= 4 is 17.2 Å². The number of rotatable bonds is 3. The van der Waals surface area contributed by atoms with E-state index < -0.39 is 0 Å². The number of aromatic nitrogens is 2. The van der Waals surface area contributed by atoms with Gasteiger partial charge in [-0.1, -0.05) is 6.07 Å². The Bertz CT molecular complexity index is 635. The van der Waals surface area contributed by atoms with Crippen LogP contribution in [-0.2, 0) is 11.2 Å². The summed E-state index contributed by atoms with van der Waals surface area (Å²) in [6, 6.07) is 4.18. The molecule has 1 aliphatic heterocycles. The molecule has 110 valence electrons. The fourth-order valence-corrected chi connectivity index (χ4v) is 3.54. The van der Waals surface area contributed by atoms with Crippen LogP contribution in [-0.4, -0.2) is 33.9 Å². The first-order valence-electron chi connectivity index (χ1n) is 7.25. The van der Waals surface area contributed by atoms with Crippen molar-refractivity contribution in [1.82, 2.24) is 14.9 Å². The second kappa shape index (κ2) is 5.93. The molecule has 21 heavy (non-hydrogen) atoms. The highest BCUT2D eigenvalue weighted by molar-refractivity contribution is 7.13. The van der Waals surface area contributed by atoms with Gasteiger partial charge in [0, 0.05) is 37.3 Å². The Labute approximate surface area is 128 Å². The van der Waals surface area contributed by atoms with Crippen molar-refractivity contribution in [3.63, 3.8) is 0 Å².